The number of hydrogen-bond donors (Lipinski definition) is 0. The summed E-state index contributed by atoms with van der Waals surface area (Å²) in [7, 11) is 0. The van der Waals surface area contributed by atoms with Crippen LogP contribution < -0.4 is 0 Å². The van der Waals surface area contributed by atoms with Crippen molar-refractivity contribution in [2.75, 3.05) is 32.8 Å². The molecule has 2 aliphatic rings. The molecule has 3 heterocycles. The Kier molecular flexibility index (Phi) is 4.57. The van der Waals surface area contributed by atoms with E-state index >= 15 is 0 Å². The van der Waals surface area contributed by atoms with Crippen molar-refractivity contribution in [2.45, 2.75) is 38.8 Å². The molecule has 0 saturated carbocycles. The molecule has 1 atom stereocenters. The molecule has 116 valence electrons. The van der Waals surface area contributed by atoms with Crippen molar-refractivity contribution in [2.24, 2.45) is 0 Å². The zero-order chi connectivity index (χ0) is 14.8. The molecule has 2 fully saturated rings. The number of aryl methyl sites for hydroxylation is 1. The Labute approximate surface area is 129 Å². The third-order valence-corrected chi connectivity index (χ3v) is 5.40. The molecule has 0 aromatic carbocycles. The Balaban J connectivity index is 1.55. The smallest absolute Gasteiger partial charge is 0.265 e. The van der Waals surface area contributed by atoms with Crippen molar-refractivity contribution < 1.29 is 9.53 Å². The van der Waals surface area contributed by atoms with Crippen LogP contribution in [-0.2, 0) is 4.74 Å². The molecule has 21 heavy (non-hydrogen) atoms. The van der Waals surface area contributed by atoms with E-state index in [2.05, 4.69) is 16.8 Å². The fraction of sp³-hybridized carbons (Fsp3) is 0.733. The lowest BCUT2D eigenvalue weighted by molar-refractivity contribution is -0.0423. The minimum atomic E-state index is 0.156. The maximum absolute atomic E-state index is 12.5. The van der Waals surface area contributed by atoms with Gasteiger partial charge in [0, 0.05) is 32.2 Å². The van der Waals surface area contributed by atoms with E-state index in [1.54, 1.807) is 5.51 Å². The van der Waals surface area contributed by atoms with Gasteiger partial charge in [-0.3, -0.25) is 9.69 Å². The minimum Gasteiger partial charge on any atom is -0.376 e. The monoisotopic (exact) mass is 309 g/mol. The number of carbonyl (C=O) groups excluding carboxylic acids is 1. The molecule has 2 saturated heterocycles. The lowest BCUT2D eigenvalue weighted by atomic mass is 10.0. The van der Waals surface area contributed by atoms with E-state index in [4.69, 9.17) is 4.74 Å². The van der Waals surface area contributed by atoms with Crippen LogP contribution in [0.25, 0.3) is 0 Å². The predicted octanol–water partition coefficient (Wildman–Crippen LogP) is 1.78. The van der Waals surface area contributed by atoms with Crippen LogP contribution in [0.5, 0.6) is 0 Å². The van der Waals surface area contributed by atoms with Crippen LogP contribution in [0.3, 0.4) is 0 Å². The summed E-state index contributed by atoms with van der Waals surface area (Å²) in [6.07, 6.45) is 2.46. The Morgan fingerprint density at radius 1 is 1.38 bits per heavy atom. The zero-order valence-corrected chi connectivity index (χ0v) is 13.6. The van der Waals surface area contributed by atoms with Crippen molar-refractivity contribution in [1.82, 2.24) is 14.8 Å². The lowest BCUT2D eigenvalue weighted by Crippen LogP contribution is -2.51. The van der Waals surface area contributed by atoms with Crippen molar-refractivity contribution in [1.29, 1.82) is 0 Å². The van der Waals surface area contributed by atoms with Gasteiger partial charge in [0.25, 0.3) is 5.91 Å². The fourth-order valence-corrected chi connectivity index (χ4v) is 4.03. The molecule has 1 aromatic heterocycles. The molecule has 0 spiro atoms. The van der Waals surface area contributed by atoms with Gasteiger partial charge in [0.2, 0.25) is 0 Å². The van der Waals surface area contributed by atoms with Crippen LogP contribution in [0, 0.1) is 6.92 Å². The summed E-state index contributed by atoms with van der Waals surface area (Å²) >= 11 is 1.45. The highest BCUT2D eigenvalue weighted by atomic mass is 32.1. The molecule has 0 N–H and O–H groups in total. The van der Waals surface area contributed by atoms with E-state index in [0.29, 0.717) is 12.1 Å². The first kappa shape index (κ1) is 14.9. The predicted molar refractivity (Wildman–Crippen MR) is 82.8 cm³/mol. The summed E-state index contributed by atoms with van der Waals surface area (Å²) in [6, 6.07) is 0.600. The second-order valence-corrected chi connectivity index (χ2v) is 6.82. The summed E-state index contributed by atoms with van der Waals surface area (Å²) in [5.41, 5.74) is 2.61. The third-order valence-electron chi connectivity index (χ3n) is 4.48. The number of rotatable bonds is 2. The van der Waals surface area contributed by atoms with Crippen molar-refractivity contribution in [3.8, 4) is 0 Å². The number of nitrogens with zero attached hydrogens (tertiary/aromatic N) is 3. The second-order valence-electron chi connectivity index (χ2n) is 5.97. The van der Waals surface area contributed by atoms with E-state index in [9.17, 15) is 4.79 Å². The quantitative estimate of drug-likeness (QED) is 0.835. The number of hydrogen-bond acceptors (Lipinski definition) is 5. The van der Waals surface area contributed by atoms with Gasteiger partial charge in [0.1, 0.15) is 4.88 Å². The number of morpholine rings is 1. The van der Waals surface area contributed by atoms with E-state index < -0.39 is 0 Å². The van der Waals surface area contributed by atoms with Crippen LogP contribution >= 0.6 is 11.3 Å². The number of likely N-dealkylation sites (tertiary alicyclic amines) is 1. The number of piperidine rings is 1. The van der Waals surface area contributed by atoms with Gasteiger partial charge >= 0.3 is 0 Å². The van der Waals surface area contributed by atoms with Crippen molar-refractivity contribution in [3.63, 3.8) is 0 Å². The standard InChI is InChI=1S/C15H23N3O2S/c1-11-9-18(7-8-20-11)13-3-5-17(6-4-13)15(19)14-12(2)16-10-21-14/h10-11,13H,3-9H2,1-2H3/t11-/m1/s1. The maximum Gasteiger partial charge on any atom is 0.265 e. The number of aromatic nitrogens is 1. The molecule has 1 aromatic rings. The molecule has 3 rings (SSSR count). The second kappa shape index (κ2) is 6.42. The summed E-state index contributed by atoms with van der Waals surface area (Å²) < 4.78 is 5.61. The Bertz CT molecular complexity index is 497. The summed E-state index contributed by atoms with van der Waals surface area (Å²) in [5.74, 6) is 0.156. The van der Waals surface area contributed by atoms with Crippen molar-refractivity contribution in [3.05, 3.63) is 16.1 Å². The molecule has 0 radical (unpaired) electrons. The zero-order valence-electron chi connectivity index (χ0n) is 12.7. The van der Waals surface area contributed by atoms with Crippen LogP contribution in [0.2, 0.25) is 0 Å². The normalized spacial score (nSPS) is 25.2. The molecular formula is C15H23N3O2S. The van der Waals surface area contributed by atoms with E-state index in [1.165, 1.54) is 11.3 Å². The first-order chi connectivity index (χ1) is 10.1. The highest BCUT2D eigenvalue weighted by molar-refractivity contribution is 7.11. The SMILES string of the molecule is Cc1ncsc1C(=O)N1CCC(N2CCO[C@H](C)C2)CC1. The first-order valence-electron chi connectivity index (χ1n) is 7.70. The van der Waals surface area contributed by atoms with Gasteiger partial charge in [0.05, 0.1) is 23.9 Å². The minimum absolute atomic E-state index is 0.156. The van der Waals surface area contributed by atoms with Gasteiger partial charge in [-0.1, -0.05) is 0 Å². The number of ether oxygens (including phenoxy) is 1. The summed E-state index contributed by atoms with van der Waals surface area (Å²) in [6.45, 7) is 8.63. The molecule has 2 aliphatic heterocycles. The van der Waals surface area contributed by atoms with Gasteiger partial charge in [0.15, 0.2) is 0 Å². The number of amides is 1. The first-order valence-corrected chi connectivity index (χ1v) is 8.58. The van der Waals surface area contributed by atoms with E-state index in [0.717, 1.165) is 56.2 Å². The van der Waals surface area contributed by atoms with Crippen LogP contribution in [-0.4, -0.2) is 65.6 Å². The molecule has 5 nitrogen and oxygen atoms in total. The number of carbonyl (C=O) groups is 1. The van der Waals surface area contributed by atoms with Gasteiger partial charge in [-0.25, -0.2) is 4.98 Å². The molecular weight excluding hydrogens is 286 g/mol. The molecule has 6 heteroatoms. The number of thiazole rings is 1. The maximum atomic E-state index is 12.5. The molecule has 0 bridgehead atoms. The van der Waals surface area contributed by atoms with Crippen LogP contribution in [0.1, 0.15) is 35.1 Å². The van der Waals surface area contributed by atoms with Gasteiger partial charge < -0.3 is 9.64 Å². The highest BCUT2D eigenvalue weighted by Gasteiger charge is 2.30. The average Bonchev–Trinajstić information content (AvgIpc) is 2.93. The Morgan fingerprint density at radius 3 is 2.76 bits per heavy atom. The van der Waals surface area contributed by atoms with Crippen LogP contribution in [0.15, 0.2) is 5.51 Å². The third kappa shape index (κ3) is 3.27. The van der Waals surface area contributed by atoms with Gasteiger partial charge in [-0.15, -0.1) is 11.3 Å². The topological polar surface area (TPSA) is 45.7 Å². The summed E-state index contributed by atoms with van der Waals surface area (Å²) in [4.78, 5) is 22.0. The fourth-order valence-electron chi connectivity index (χ4n) is 3.26. The lowest BCUT2D eigenvalue weighted by Gasteiger charge is -2.41. The van der Waals surface area contributed by atoms with E-state index in [-0.39, 0.29) is 5.91 Å². The molecule has 0 aliphatic carbocycles. The molecule has 1 amide bonds. The van der Waals surface area contributed by atoms with E-state index in [1.807, 2.05) is 11.8 Å². The average molecular weight is 309 g/mol. The van der Waals surface area contributed by atoms with Crippen molar-refractivity contribution >= 4 is 17.2 Å². The highest BCUT2D eigenvalue weighted by Crippen LogP contribution is 2.22. The Morgan fingerprint density at radius 2 is 2.14 bits per heavy atom. The van der Waals surface area contributed by atoms with Gasteiger partial charge in [-0.2, -0.15) is 0 Å². The van der Waals surface area contributed by atoms with Gasteiger partial charge in [-0.05, 0) is 26.7 Å². The largest absolute Gasteiger partial charge is 0.376 e. The molecule has 0 unspecified atom stereocenters. The van der Waals surface area contributed by atoms with Crippen LogP contribution in [0.4, 0.5) is 0 Å². The summed E-state index contributed by atoms with van der Waals surface area (Å²) in [5, 5.41) is 0. The Hall–Kier alpha value is -0.980.